The molecular formula is C27H25FN2O4. The van der Waals surface area contributed by atoms with Crippen LogP contribution in [-0.4, -0.2) is 22.9 Å². The van der Waals surface area contributed by atoms with Crippen molar-refractivity contribution in [3.05, 3.63) is 83.2 Å². The molecule has 1 aliphatic rings. The van der Waals surface area contributed by atoms with Gasteiger partial charge in [-0.15, -0.1) is 0 Å². The van der Waals surface area contributed by atoms with Gasteiger partial charge in [-0.1, -0.05) is 37.3 Å². The van der Waals surface area contributed by atoms with E-state index in [0.29, 0.717) is 40.9 Å². The predicted molar refractivity (Wildman–Crippen MR) is 129 cm³/mol. The van der Waals surface area contributed by atoms with Crippen molar-refractivity contribution in [2.24, 2.45) is 5.41 Å². The van der Waals surface area contributed by atoms with Gasteiger partial charge < -0.3 is 15.7 Å². The molecule has 1 unspecified atom stereocenters. The molecule has 1 atom stereocenters. The quantitative estimate of drug-likeness (QED) is 0.432. The number of carbonyl (C=O) groups is 3. The maximum absolute atomic E-state index is 14.9. The fourth-order valence-electron chi connectivity index (χ4n) is 4.38. The van der Waals surface area contributed by atoms with Crippen LogP contribution in [0.2, 0.25) is 0 Å². The predicted octanol–water partition coefficient (Wildman–Crippen LogP) is 6.06. The Kier molecular flexibility index (Phi) is 6.20. The van der Waals surface area contributed by atoms with Crippen LogP contribution in [0.5, 0.6) is 0 Å². The largest absolute Gasteiger partial charge is 0.481 e. The van der Waals surface area contributed by atoms with Crippen molar-refractivity contribution in [3.8, 4) is 11.1 Å². The minimum absolute atomic E-state index is 0.192. The molecule has 3 N–H and O–H groups in total. The highest BCUT2D eigenvalue weighted by Crippen LogP contribution is 2.39. The minimum Gasteiger partial charge on any atom is -0.481 e. The summed E-state index contributed by atoms with van der Waals surface area (Å²) < 4.78 is 14.9. The highest BCUT2D eigenvalue weighted by Gasteiger charge is 2.40. The topological polar surface area (TPSA) is 95.5 Å². The summed E-state index contributed by atoms with van der Waals surface area (Å²) in [5, 5.41) is 14.5. The molecule has 0 fully saturated rings. The summed E-state index contributed by atoms with van der Waals surface area (Å²) in [7, 11) is 0. The number of hydrogen-bond donors (Lipinski definition) is 3. The zero-order chi connectivity index (χ0) is 24.5. The molecule has 0 aromatic heterocycles. The van der Waals surface area contributed by atoms with Crippen molar-refractivity contribution in [3.63, 3.8) is 0 Å². The molecule has 0 aliphatic heterocycles. The first kappa shape index (κ1) is 23.2. The summed E-state index contributed by atoms with van der Waals surface area (Å²) in [5.41, 5.74) is 3.25. The lowest BCUT2D eigenvalue weighted by Crippen LogP contribution is -2.35. The third-order valence-corrected chi connectivity index (χ3v) is 6.20. The molecule has 1 aliphatic carbocycles. The number of ketones is 1. The van der Waals surface area contributed by atoms with Crippen molar-refractivity contribution >= 4 is 29.2 Å². The van der Waals surface area contributed by atoms with Gasteiger partial charge in [0.2, 0.25) is 0 Å². The molecule has 3 aromatic carbocycles. The van der Waals surface area contributed by atoms with E-state index >= 15 is 0 Å². The first-order valence-electron chi connectivity index (χ1n) is 11.0. The Labute approximate surface area is 196 Å². The van der Waals surface area contributed by atoms with E-state index in [1.54, 1.807) is 43.3 Å². The van der Waals surface area contributed by atoms with Crippen LogP contribution in [0.25, 0.3) is 11.1 Å². The summed E-state index contributed by atoms with van der Waals surface area (Å²) in [6.07, 6.45) is 0.753. The maximum Gasteiger partial charge on any atom is 0.323 e. The Morgan fingerprint density at radius 1 is 1.00 bits per heavy atom. The summed E-state index contributed by atoms with van der Waals surface area (Å²) in [6.45, 7) is 3.60. The van der Waals surface area contributed by atoms with Gasteiger partial charge in [0.15, 0.2) is 5.78 Å². The number of carbonyl (C=O) groups excluding carboxylic acids is 2. The molecule has 7 heteroatoms. The second-order valence-corrected chi connectivity index (χ2v) is 8.98. The molecule has 174 valence electrons. The van der Waals surface area contributed by atoms with Crippen LogP contribution in [0.3, 0.4) is 0 Å². The number of Topliss-reactive ketones (excluding diaryl/α,β-unsaturated/α-hetero) is 1. The number of rotatable bonds is 5. The minimum atomic E-state index is -1.00. The SMILES string of the molecule is Cc1cccc(NC(=O)Nc2ccc(-c3ccc4c(c3)CCC(C)(CC(=O)O)C4=O)c(F)c2)c1. The van der Waals surface area contributed by atoms with Gasteiger partial charge in [0, 0.05) is 27.9 Å². The fraction of sp³-hybridized carbons (Fsp3) is 0.222. The van der Waals surface area contributed by atoms with Gasteiger partial charge in [-0.05, 0) is 66.8 Å². The van der Waals surface area contributed by atoms with Crippen LogP contribution >= 0.6 is 0 Å². The summed E-state index contributed by atoms with van der Waals surface area (Å²) in [4.78, 5) is 36.3. The second-order valence-electron chi connectivity index (χ2n) is 8.98. The van der Waals surface area contributed by atoms with Gasteiger partial charge in [0.1, 0.15) is 5.82 Å². The van der Waals surface area contributed by atoms with E-state index in [1.165, 1.54) is 6.07 Å². The van der Waals surface area contributed by atoms with E-state index in [1.807, 2.05) is 25.1 Å². The van der Waals surface area contributed by atoms with Crippen molar-refractivity contribution in [1.82, 2.24) is 0 Å². The number of nitrogens with one attached hydrogen (secondary N) is 2. The van der Waals surface area contributed by atoms with Gasteiger partial charge >= 0.3 is 12.0 Å². The Morgan fingerprint density at radius 3 is 2.38 bits per heavy atom. The summed E-state index contributed by atoms with van der Waals surface area (Å²) >= 11 is 0. The number of anilines is 2. The van der Waals surface area contributed by atoms with E-state index in [4.69, 9.17) is 5.11 Å². The Hall–Kier alpha value is -4.00. The normalized spacial score (nSPS) is 17.1. The molecule has 0 saturated carbocycles. The smallest absolute Gasteiger partial charge is 0.323 e. The zero-order valence-electron chi connectivity index (χ0n) is 18.9. The lowest BCUT2D eigenvalue weighted by molar-refractivity contribution is -0.139. The third-order valence-electron chi connectivity index (χ3n) is 6.20. The van der Waals surface area contributed by atoms with Crippen LogP contribution in [0.4, 0.5) is 20.6 Å². The third kappa shape index (κ3) is 4.83. The average molecular weight is 461 g/mol. The molecule has 6 nitrogen and oxygen atoms in total. The molecule has 0 bridgehead atoms. The fourth-order valence-corrected chi connectivity index (χ4v) is 4.38. The Bertz CT molecular complexity index is 1300. The van der Waals surface area contributed by atoms with Crippen molar-refractivity contribution < 1.29 is 23.9 Å². The van der Waals surface area contributed by atoms with Gasteiger partial charge in [-0.2, -0.15) is 0 Å². The zero-order valence-corrected chi connectivity index (χ0v) is 18.9. The molecule has 4 rings (SSSR count). The molecule has 34 heavy (non-hydrogen) atoms. The van der Waals surface area contributed by atoms with E-state index < -0.39 is 23.2 Å². The number of aliphatic carboxylic acids is 1. The van der Waals surface area contributed by atoms with Gasteiger partial charge in [0.25, 0.3) is 0 Å². The maximum atomic E-state index is 14.9. The molecule has 3 aromatic rings. The van der Waals surface area contributed by atoms with Crippen LogP contribution in [-0.2, 0) is 11.2 Å². The number of carboxylic acid groups (broad SMARTS) is 1. The summed E-state index contributed by atoms with van der Waals surface area (Å²) in [5.74, 6) is -1.70. The van der Waals surface area contributed by atoms with Gasteiger partial charge in [-0.25, -0.2) is 9.18 Å². The number of hydrogen-bond acceptors (Lipinski definition) is 3. The molecule has 0 spiro atoms. The van der Waals surface area contributed by atoms with Gasteiger partial charge in [0.05, 0.1) is 6.42 Å². The number of amides is 2. The molecule has 0 heterocycles. The first-order chi connectivity index (χ1) is 16.1. The van der Waals surface area contributed by atoms with E-state index in [2.05, 4.69) is 10.6 Å². The Balaban J connectivity index is 1.51. The molecular weight excluding hydrogens is 435 g/mol. The lowest BCUT2D eigenvalue weighted by Gasteiger charge is -2.32. The molecule has 2 amide bonds. The van der Waals surface area contributed by atoms with Crippen molar-refractivity contribution in [2.75, 3.05) is 10.6 Å². The number of fused-ring (bicyclic) bond motifs is 1. The van der Waals surface area contributed by atoms with Crippen LogP contribution in [0, 0.1) is 18.2 Å². The Morgan fingerprint density at radius 2 is 1.71 bits per heavy atom. The van der Waals surface area contributed by atoms with Crippen molar-refractivity contribution in [2.45, 2.75) is 33.1 Å². The standard InChI is InChI=1S/C27H25FN2O4/c1-16-4-3-5-19(12-16)29-26(34)30-20-7-9-21(23(28)14-20)17-6-8-22-18(13-17)10-11-27(2,25(22)33)15-24(31)32/h3-9,12-14H,10-11,15H2,1-2H3,(H,31,32)(H2,29,30,34). The molecule has 0 saturated heterocycles. The van der Waals surface area contributed by atoms with Crippen molar-refractivity contribution in [1.29, 1.82) is 0 Å². The number of carboxylic acids is 1. The lowest BCUT2D eigenvalue weighted by atomic mass is 9.69. The number of benzene rings is 3. The van der Waals surface area contributed by atoms with Crippen LogP contribution in [0.15, 0.2) is 60.7 Å². The van der Waals surface area contributed by atoms with E-state index in [9.17, 15) is 18.8 Å². The number of urea groups is 1. The van der Waals surface area contributed by atoms with Crippen LogP contribution in [0.1, 0.15) is 41.3 Å². The van der Waals surface area contributed by atoms with Gasteiger partial charge in [-0.3, -0.25) is 9.59 Å². The second kappa shape index (κ2) is 9.09. The monoisotopic (exact) mass is 460 g/mol. The highest BCUT2D eigenvalue weighted by atomic mass is 19.1. The average Bonchev–Trinajstić information content (AvgIpc) is 2.76. The molecule has 0 radical (unpaired) electrons. The van der Waals surface area contributed by atoms with Crippen LogP contribution < -0.4 is 10.6 Å². The number of aryl methyl sites for hydroxylation is 2. The number of halogens is 1. The van der Waals surface area contributed by atoms with E-state index in [0.717, 1.165) is 11.1 Å². The first-order valence-corrected chi connectivity index (χ1v) is 11.0. The highest BCUT2D eigenvalue weighted by molar-refractivity contribution is 6.04. The summed E-state index contributed by atoms with van der Waals surface area (Å²) in [6, 6.07) is 16.4. The van der Waals surface area contributed by atoms with E-state index in [-0.39, 0.29) is 12.2 Å².